The van der Waals surface area contributed by atoms with Crippen LogP contribution in [0.25, 0.3) is 0 Å². The Balaban J connectivity index is 2.50. The van der Waals surface area contributed by atoms with E-state index in [4.69, 9.17) is 22.1 Å². The minimum atomic E-state index is -0.754. The monoisotopic (exact) mass is 493 g/mol. The number of nitrogens with two attached hydrogens (primary N) is 1. The number of nitrogens with one attached hydrogen (secondary N) is 2. The minimum absolute atomic E-state index is 0.0745. The maximum Gasteiger partial charge on any atom is 0.330 e. The van der Waals surface area contributed by atoms with Crippen LogP contribution in [0.15, 0.2) is 33.9 Å². The molecule has 0 bridgehead atoms. The Morgan fingerprint density at radius 3 is 2.44 bits per heavy atom. The van der Waals surface area contributed by atoms with E-state index < -0.39 is 23.2 Å². The molecule has 0 fully saturated rings. The number of benzene rings is 1. The number of hydrogen-bond acceptors (Lipinski definition) is 6. The number of nitrogen functional groups attached to an aromatic ring is 1. The molecule has 186 valence electrons. The highest BCUT2D eigenvalue weighted by atomic mass is 35.5. The molecule has 0 radical (unpaired) electrons. The fourth-order valence-electron chi connectivity index (χ4n) is 3.59. The van der Waals surface area contributed by atoms with Crippen molar-refractivity contribution >= 4 is 34.9 Å². The third-order valence-corrected chi connectivity index (χ3v) is 5.34. The molecule has 10 nitrogen and oxygen atoms in total. The highest BCUT2D eigenvalue weighted by Crippen LogP contribution is 2.24. The second kappa shape index (κ2) is 12.4. The number of nitrogens with zero attached hydrogens (tertiary/aromatic N) is 2. The van der Waals surface area contributed by atoms with E-state index in [1.54, 1.807) is 24.3 Å². The average molecular weight is 494 g/mol. The summed E-state index contributed by atoms with van der Waals surface area (Å²) in [5, 5.41) is 3.29. The van der Waals surface area contributed by atoms with Crippen molar-refractivity contribution in [2.75, 3.05) is 30.9 Å². The summed E-state index contributed by atoms with van der Waals surface area (Å²) < 4.78 is 6.35. The van der Waals surface area contributed by atoms with Crippen LogP contribution in [0.4, 0.5) is 11.5 Å². The molecule has 2 aromatic rings. The first-order valence-electron chi connectivity index (χ1n) is 11.0. The fourth-order valence-corrected chi connectivity index (χ4v) is 3.72. The third-order valence-electron chi connectivity index (χ3n) is 5.09. The van der Waals surface area contributed by atoms with Gasteiger partial charge in [0.25, 0.3) is 5.56 Å². The van der Waals surface area contributed by atoms with Crippen LogP contribution >= 0.6 is 11.6 Å². The maximum absolute atomic E-state index is 13.5. The molecule has 0 aliphatic heterocycles. The van der Waals surface area contributed by atoms with Crippen LogP contribution in [0.2, 0.25) is 5.02 Å². The van der Waals surface area contributed by atoms with E-state index in [0.717, 1.165) is 0 Å². The molecule has 0 saturated heterocycles. The second-order valence-corrected chi connectivity index (χ2v) is 8.83. The summed E-state index contributed by atoms with van der Waals surface area (Å²) >= 11 is 5.97. The smallest absolute Gasteiger partial charge is 0.330 e. The normalized spacial score (nSPS) is 11.9. The van der Waals surface area contributed by atoms with Crippen molar-refractivity contribution in [3.05, 3.63) is 55.7 Å². The number of aromatic amines is 1. The molecular formula is C23H32ClN5O5. The van der Waals surface area contributed by atoms with E-state index in [-0.39, 0.29) is 42.8 Å². The lowest BCUT2D eigenvalue weighted by Crippen LogP contribution is -2.43. The van der Waals surface area contributed by atoms with E-state index in [1.807, 2.05) is 13.8 Å². The highest BCUT2D eigenvalue weighted by Gasteiger charge is 2.27. The Labute approximate surface area is 203 Å². The van der Waals surface area contributed by atoms with Gasteiger partial charge in [-0.25, -0.2) is 4.79 Å². The van der Waals surface area contributed by atoms with Gasteiger partial charge >= 0.3 is 5.69 Å². The number of hydrogen-bond donors (Lipinski definition) is 3. The summed E-state index contributed by atoms with van der Waals surface area (Å²) in [4.78, 5) is 54.0. The van der Waals surface area contributed by atoms with Gasteiger partial charge in [-0.15, -0.1) is 0 Å². The highest BCUT2D eigenvalue weighted by molar-refractivity contribution is 6.30. The van der Waals surface area contributed by atoms with Gasteiger partial charge in [-0.05, 0) is 30.0 Å². The topological polar surface area (TPSA) is 140 Å². The lowest BCUT2D eigenvalue weighted by molar-refractivity contribution is -0.121. The number of rotatable bonds is 11. The molecule has 11 heteroatoms. The molecule has 2 amide bonds. The fraction of sp³-hybridized carbons (Fsp3) is 0.478. The number of amides is 2. The summed E-state index contributed by atoms with van der Waals surface area (Å²) in [6.45, 7) is 5.92. The number of aromatic nitrogens is 2. The molecular weight excluding hydrogens is 462 g/mol. The largest absolute Gasteiger partial charge is 0.385 e. The van der Waals surface area contributed by atoms with Crippen molar-refractivity contribution in [1.82, 2.24) is 14.9 Å². The molecule has 0 aliphatic carbocycles. The molecule has 0 saturated carbocycles. The number of methoxy groups -OCH3 is 1. The quantitative estimate of drug-likeness (QED) is 0.409. The van der Waals surface area contributed by atoms with Crippen LogP contribution < -0.4 is 27.2 Å². The Bertz CT molecular complexity index is 1110. The second-order valence-electron chi connectivity index (χ2n) is 8.40. The Morgan fingerprint density at radius 1 is 1.24 bits per heavy atom. The zero-order valence-electron chi connectivity index (χ0n) is 19.9. The van der Waals surface area contributed by atoms with Gasteiger partial charge in [0.05, 0.1) is 12.5 Å². The predicted octanol–water partition coefficient (Wildman–Crippen LogP) is 2.07. The van der Waals surface area contributed by atoms with Crippen molar-refractivity contribution in [3.63, 3.8) is 0 Å². The predicted molar refractivity (Wildman–Crippen MR) is 132 cm³/mol. The van der Waals surface area contributed by atoms with Gasteiger partial charge in [0, 0.05) is 38.8 Å². The van der Waals surface area contributed by atoms with Gasteiger partial charge in [0.2, 0.25) is 11.8 Å². The lowest BCUT2D eigenvalue weighted by Gasteiger charge is -2.27. The van der Waals surface area contributed by atoms with Crippen molar-refractivity contribution in [1.29, 1.82) is 0 Å². The number of H-pyrrole nitrogens is 1. The average Bonchev–Trinajstić information content (AvgIpc) is 2.75. The van der Waals surface area contributed by atoms with E-state index in [0.29, 0.717) is 23.6 Å². The number of ether oxygens (including phenoxy) is 1. The van der Waals surface area contributed by atoms with E-state index in [2.05, 4.69) is 10.3 Å². The van der Waals surface area contributed by atoms with Gasteiger partial charge in [0.1, 0.15) is 5.82 Å². The van der Waals surface area contributed by atoms with Crippen molar-refractivity contribution in [2.24, 2.45) is 5.92 Å². The zero-order valence-corrected chi connectivity index (χ0v) is 20.6. The lowest BCUT2D eigenvalue weighted by atomic mass is 10.0. The van der Waals surface area contributed by atoms with Crippen molar-refractivity contribution < 1.29 is 14.3 Å². The number of carbonyl (C=O) groups is 2. The summed E-state index contributed by atoms with van der Waals surface area (Å²) in [5.74, 6) is -0.778. The minimum Gasteiger partial charge on any atom is -0.385 e. The van der Waals surface area contributed by atoms with E-state index in [1.165, 1.54) is 23.5 Å². The Hall–Kier alpha value is -3.11. The van der Waals surface area contributed by atoms with Crippen molar-refractivity contribution in [3.8, 4) is 0 Å². The van der Waals surface area contributed by atoms with Gasteiger partial charge < -0.3 is 20.7 Å². The first-order valence-corrected chi connectivity index (χ1v) is 11.4. The van der Waals surface area contributed by atoms with E-state index in [9.17, 15) is 19.2 Å². The first kappa shape index (κ1) is 27.1. The van der Waals surface area contributed by atoms with Crippen molar-refractivity contribution in [2.45, 2.75) is 46.2 Å². The molecule has 0 spiro atoms. The van der Waals surface area contributed by atoms with Crippen LogP contribution in [0, 0.1) is 5.92 Å². The van der Waals surface area contributed by atoms with Crippen LogP contribution in [0.3, 0.4) is 0 Å². The van der Waals surface area contributed by atoms with Gasteiger partial charge in [-0.3, -0.25) is 23.9 Å². The SMILES string of the molecule is COCCCN(C(=O)CC(NC(C)=O)c1ccc(Cl)cc1)c1c(N)n(CC(C)C)c(=O)[nH]c1=O. The molecule has 4 N–H and O–H groups in total. The Kier molecular flexibility index (Phi) is 9.88. The van der Waals surface area contributed by atoms with Crippen LogP contribution in [0.1, 0.15) is 45.2 Å². The summed E-state index contributed by atoms with van der Waals surface area (Å²) in [6, 6.07) is 6.10. The third kappa shape index (κ3) is 7.19. The molecule has 34 heavy (non-hydrogen) atoms. The Morgan fingerprint density at radius 2 is 1.88 bits per heavy atom. The molecule has 2 rings (SSSR count). The van der Waals surface area contributed by atoms with Crippen LogP contribution in [-0.4, -0.2) is 41.6 Å². The standard InChI is InChI=1S/C23H32ClN5O5/c1-14(2)13-29-21(25)20(22(32)27-23(29)33)28(10-5-11-34-4)19(31)12-18(26-15(3)30)16-6-8-17(24)9-7-16/h6-9,14,18H,5,10-13,25H2,1-4H3,(H,26,30)(H,27,32,33). The maximum atomic E-state index is 13.5. The van der Waals surface area contributed by atoms with Crippen LogP contribution in [0.5, 0.6) is 0 Å². The summed E-state index contributed by atoms with van der Waals surface area (Å²) in [5.41, 5.74) is 5.44. The molecule has 1 unspecified atom stereocenters. The van der Waals surface area contributed by atoms with Gasteiger partial charge in [-0.1, -0.05) is 37.6 Å². The van der Waals surface area contributed by atoms with Gasteiger partial charge in [-0.2, -0.15) is 0 Å². The van der Waals surface area contributed by atoms with Gasteiger partial charge in [0.15, 0.2) is 5.69 Å². The summed E-state index contributed by atoms with van der Waals surface area (Å²) in [7, 11) is 1.53. The van der Waals surface area contributed by atoms with E-state index >= 15 is 0 Å². The number of halogens is 1. The van der Waals surface area contributed by atoms with Crippen LogP contribution in [-0.2, 0) is 20.9 Å². The zero-order chi connectivity index (χ0) is 25.4. The molecule has 0 aliphatic rings. The first-order chi connectivity index (χ1) is 16.0. The number of anilines is 2. The summed E-state index contributed by atoms with van der Waals surface area (Å²) in [6.07, 6.45) is 0.284. The molecule has 1 aromatic heterocycles. The molecule has 1 heterocycles. The molecule has 1 atom stereocenters. The molecule has 1 aromatic carbocycles. The number of carbonyl (C=O) groups excluding carboxylic acids is 2.